The molecule has 1 unspecified atom stereocenters. The molecule has 0 radical (unpaired) electrons. The maximum absolute atomic E-state index is 12.3. The molecule has 1 saturated heterocycles. The summed E-state index contributed by atoms with van der Waals surface area (Å²) in [5.41, 5.74) is 6.95. The maximum Gasteiger partial charge on any atom is 0.251 e. The summed E-state index contributed by atoms with van der Waals surface area (Å²) in [7, 11) is 0. The first-order chi connectivity index (χ1) is 11.3. The van der Waals surface area contributed by atoms with Gasteiger partial charge in [-0.3, -0.25) is 9.59 Å². The van der Waals surface area contributed by atoms with Gasteiger partial charge in [-0.2, -0.15) is 0 Å². The topological polar surface area (TPSA) is 93.5 Å². The Hall–Kier alpha value is -1.63. The minimum atomic E-state index is -0.544. The van der Waals surface area contributed by atoms with Crippen LogP contribution in [0.4, 0.5) is 5.69 Å². The number of nitrogens with two attached hydrogens (primary N) is 1. The molecule has 25 heavy (non-hydrogen) atoms. The quantitative estimate of drug-likeness (QED) is 0.759. The van der Waals surface area contributed by atoms with Crippen LogP contribution in [-0.4, -0.2) is 36.6 Å². The number of halogens is 1. The van der Waals surface area contributed by atoms with E-state index >= 15 is 0 Å². The van der Waals surface area contributed by atoms with E-state index in [2.05, 4.69) is 10.6 Å². The third-order valence-electron chi connectivity index (χ3n) is 3.98. The van der Waals surface area contributed by atoms with E-state index in [9.17, 15) is 9.59 Å². The molecule has 1 aliphatic heterocycles. The first kappa shape index (κ1) is 21.4. The molecule has 0 aromatic heterocycles. The summed E-state index contributed by atoms with van der Waals surface area (Å²) in [5.74, 6) is -0.191. The average Bonchev–Trinajstić information content (AvgIpc) is 2.54. The van der Waals surface area contributed by atoms with Gasteiger partial charge in [0.05, 0.1) is 6.04 Å². The monoisotopic (exact) mass is 369 g/mol. The molecule has 1 aromatic carbocycles. The van der Waals surface area contributed by atoms with Gasteiger partial charge in [-0.1, -0.05) is 0 Å². The number of hydrogen-bond acceptors (Lipinski definition) is 4. The number of anilines is 1. The fourth-order valence-corrected chi connectivity index (χ4v) is 2.63. The van der Waals surface area contributed by atoms with Crippen LogP contribution in [0.2, 0.25) is 0 Å². The van der Waals surface area contributed by atoms with Gasteiger partial charge >= 0.3 is 0 Å². The maximum atomic E-state index is 12.3. The molecule has 2 amide bonds. The third kappa shape index (κ3) is 6.65. The highest BCUT2D eigenvalue weighted by Crippen LogP contribution is 2.19. The zero-order valence-corrected chi connectivity index (χ0v) is 15.8. The van der Waals surface area contributed by atoms with Crippen molar-refractivity contribution in [1.29, 1.82) is 0 Å². The van der Waals surface area contributed by atoms with Gasteiger partial charge in [0.25, 0.3) is 5.91 Å². The fourth-order valence-electron chi connectivity index (χ4n) is 2.63. The number of carbonyl (C=O) groups is 2. The molecule has 4 N–H and O–H groups in total. The summed E-state index contributed by atoms with van der Waals surface area (Å²) in [6, 6.07) is 6.27. The zero-order valence-electron chi connectivity index (χ0n) is 15.0. The van der Waals surface area contributed by atoms with Gasteiger partial charge in [-0.05, 0) is 63.8 Å². The van der Waals surface area contributed by atoms with Crippen molar-refractivity contribution >= 4 is 29.9 Å². The summed E-state index contributed by atoms with van der Waals surface area (Å²) in [5, 5.41) is 5.72. The van der Waals surface area contributed by atoms with E-state index in [1.165, 1.54) is 0 Å². The Balaban J connectivity index is 0.00000312. The zero-order chi connectivity index (χ0) is 17.7. The average molecular weight is 370 g/mol. The van der Waals surface area contributed by atoms with E-state index in [0.29, 0.717) is 24.5 Å². The number of nitrogens with one attached hydrogen (secondary N) is 2. The second-order valence-corrected chi connectivity index (χ2v) is 7.25. The largest absolute Gasteiger partial charge is 0.381 e. The Morgan fingerprint density at radius 2 is 1.72 bits per heavy atom. The molecule has 0 spiro atoms. The molecule has 1 atom stereocenters. The molecule has 1 aromatic rings. The van der Waals surface area contributed by atoms with Gasteiger partial charge in [0.1, 0.15) is 0 Å². The summed E-state index contributed by atoms with van der Waals surface area (Å²) in [4.78, 5) is 24.3. The van der Waals surface area contributed by atoms with Crippen LogP contribution in [0.3, 0.4) is 0 Å². The van der Waals surface area contributed by atoms with Crippen LogP contribution in [0, 0.1) is 5.92 Å². The van der Waals surface area contributed by atoms with Crippen molar-refractivity contribution < 1.29 is 14.3 Å². The molecular formula is C18H28ClN3O3. The van der Waals surface area contributed by atoms with E-state index in [0.717, 1.165) is 12.8 Å². The highest BCUT2D eigenvalue weighted by molar-refractivity contribution is 5.97. The van der Waals surface area contributed by atoms with Crippen LogP contribution in [0.15, 0.2) is 24.3 Å². The van der Waals surface area contributed by atoms with E-state index < -0.39 is 6.04 Å². The number of benzene rings is 1. The first-order valence-electron chi connectivity index (χ1n) is 8.33. The second kappa shape index (κ2) is 9.17. The Morgan fingerprint density at radius 1 is 1.16 bits per heavy atom. The molecule has 1 heterocycles. The van der Waals surface area contributed by atoms with Crippen LogP contribution in [0.5, 0.6) is 0 Å². The number of carbonyl (C=O) groups excluding carboxylic acids is 2. The molecule has 0 bridgehead atoms. The smallest absolute Gasteiger partial charge is 0.251 e. The lowest BCUT2D eigenvalue weighted by Gasteiger charge is -2.26. The third-order valence-corrected chi connectivity index (χ3v) is 3.98. The van der Waals surface area contributed by atoms with Crippen LogP contribution in [0.1, 0.15) is 44.0 Å². The summed E-state index contributed by atoms with van der Waals surface area (Å²) in [6.45, 7) is 7.10. The van der Waals surface area contributed by atoms with Gasteiger partial charge < -0.3 is 21.1 Å². The molecule has 2 rings (SSSR count). The molecule has 0 aliphatic carbocycles. The summed E-state index contributed by atoms with van der Waals surface area (Å²) in [6.07, 6.45) is 1.61. The minimum Gasteiger partial charge on any atom is -0.381 e. The van der Waals surface area contributed by atoms with Crippen molar-refractivity contribution in [2.75, 3.05) is 18.5 Å². The van der Waals surface area contributed by atoms with Crippen molar-refractivity contribution in [2.45, 2.75) is 45.2 Å². The molecule has 1 aliphatic rings. The Labute approximate surface area is 155 Å². The lowest BCUT2D eigenvalue weighted by molar-refractivity contribution is -0.119. The highest BCUT2D eigenvalue weighted by Gasteiger charge is 2.26. The van der Waals surface area contributed by atoms with Gasteiger partial charge in [-0.25, -0.2) is 0 Å². The van der Waals surface area contributed by atoms with Gasteiger partial charge in [-0.15, -0.1) is 12.4 Å². The highest BCUT2D eigenvalue weighted by atomic mass is 35.5. The van der Waals surface area contributed by atoms with Gasteiger partial charge in [0, 0.05) is 30.0 Å². The van der Waals surface area contributed by atoms with E-state index in [4.69, 9.17) is 10.5 Å². The summed E-state index contributed by atoms with van der Waals surface area (Å²) >= 11 is 0. The number of hydrogen-bond donors (Lipinski definition) is 3. The Morgan fingerprint density at radius 3 is 2.24 bits per heavy atom. The van der Waals surface area contributed by atoms with Crippen molar-refractivity contribution in [2.24, 2.45) is 11.7 Å². The molecule has 6 nitrogen and oxygen atoms in total. The SMILES string of the molecule is CC(C)(C)NC(=O)c1ccc(NC(=O)C(N)C2CCOCC2)cc1.Cl. The second-order valence-electron chi connectivity index (χ2n) is 7.25. The summed E-state index contributed by atoms with van der Waals surface area (Å²) < 4.78 is 5.29. The van der Waals surface area contributed by atoms with E-state index in [1.54, 1.807) is 24.3 Å². The first-order valence-corrected chi connectivity index (χ1v) is 8.33. The van der Waals surface area contributed by atoms with E-state index in [1.807, 2.05) is 20.8 Å². The van der Waals surface area contributed by atoms with Gasteiger partial charge in [0.2, 0.25) is 5.91 Å². The normalized spacial score (nSPS) is 16.5. The van der Waals surface area contributed by atoms with E-state index in [-0.39, 0.29) is 35.7 Å². The van der Waals surface area contributed by atoms with Crippen molar-refractivity contribution in [1.82, 2.24) is 5.32 Å². The Bertz CT molecular complexity index is 578. The lowest BCUT2D eigenvalue weighted by Crippen LogP contribution is -2.44. The molecule has 0 saturated carbocycles. The standard InChI is InChI=1S/C18H27N3O3.ClH/c1-18(2,3)21-16(22)13-4-6-14(7-5-13)20-17(23)15(19)12-8-10-24-11-9-12;/h4-7,12,15H,8-11,19H2,1-3H3,(H,20,23)(H,21,22);1H. The molecular weight excluding hydrogens is 342 g/mol. The minimum absolute atomic E-state index is 0. The fraction of sp³-hybridized carbons (Fsp3) is 0.556. The van der Waals surface area contributed by atoms with Crippen molar-refractivity contribution in [3.63, 3.8) is 0 Å². The number of ether oxygens (including phenoxy) is 1. The predicted molar refractivity (Wildman–Crippen MR) is 101 cm³/mol. The molecule has 7 heteroatoms. The lowest BCUT2D eigenvalue weighted by atomic mass is 9.92. The van der Waals surface area contributed by atoms with Crippen molar-refractivity contribution in [3.05, 3.63) is 29.8 Å². The molecule has 140 valence electrons. The van der Waals surface area contributed by atoms with Gasteiger partial charge in [0.15, 0.2) is 0 Å². The predicted octanol–water partition coefficient (Wildman–Crippen LogP) is 2.33. The van der Waals surface area contributed by atoms with Crippen molar-refractivity contribution in [3.8, 4) is 0 Å². The number of rotatable bonds is 4. The van der Waals surface area contributed by atoms with Crippen LogP contribution in [-0.2, 0) is 9.53 Å². The molecule has 1 fully saturated rings. The number of amides is 2. The van der Waals surface area contributed by atoms with Crippen LogP contribution in [0.25, 0.3) is 0 Å². The Kier molecular flexibility index (Phi) is 7.86. The van der Waals surface area contributed by atoms with Crippen LogP contribution < -0.4 is 16.4 Å². The van der Waals surface area contributed by atoms with Crippen LogP contribution >= 0.6 is 12.4 Å².